The van der Waals surface area contributed by atoms with E-state index < -0.39 is 0 Å². The fourth-order valence-electron chi connectivity index (χ4n) is 1.55. The third-order valence-corrected chi connectivity index (χ3v) is 2.75. The van der Waals surface area contributed by atoms with Gasteiger partial charge in [0.25, 0.3) is 0 Å². The second kappa shape index (κ2) is 7.75. The Morgan fingerprint density at radius 2 is 2.17 bits per heavy atom. The van der Waals surface area contributed by atoms with Crippen LogP contribution in [0.3, 0.4) is 0 Å². The van der Waals surface area contributed by atoms with Crippen molar-refractivity contribution in [3.8, 4) is 0 Å². The highest BCUT2D eigenvalue weighted by atomic mass is 127. The fourth-order valence-corrected chi connectivity index (χ4v) is 1.67. The number of ether oxygens (including phenoxy) is 1. The van der Waals surface area contributed by atoms with E-state index >= 15 is 0 Å². The molecule has 0 atom stereocenters. The minimum Gasteiger partial charge on any atom is -0.378 e. The molecule has 1 aromatic heterocycles. The second-order valence-electron chi connectivity index (χ2n) is 3.74. The number of halogens is 2. The molecule has 0 aliphatic carbocycles. The van der Waals surface area contributed by atoms with E-state index in [1.165, 1.54) is 0 Å². The van der Waals surface area contributed by atoms with E-state index in [2.05, 4.69) is 9.98 Å². The Balaban J connectivity index is 0.00000162. The van der Waals surface area contributed by atoms with Crippen LogP contribution in [0, 0.1) is 0 Å². The molecular formula is C11H16ClIN4O. The Kier molecular flexibility index (Phi) is 6.66. The number of rotatable bonds is 2. The van der Waals surface area contributed by atoms with Crippen molar-refractivity contribution in [3.63, 3.8) is 0 Å². The molecule has 0 spiro atoms. The molecule has 1 saturated heterocycles. The van der Waals surface area contributed by atoms with Gasteiger partial charge in [0.2, 0.25) is 0 Å². The molecule has 0 amide bonds. The Morgan fingerprint density at radius 1 is 1.44 bits per heavy atom. The average Bonchev–Trinajstić information content (AvgIpc) is 2.39. The number of pyridine rings is 1. The van der Waals surface area contributed by atoms with Gasteiger partial charge in [0, 0.05) is 19.3 Å². The zero-order valence-corrected chi connectivity index (χ0v) is 13.0. The van der Waals surface area contributed by atoms with E-state index in [0.717, 1.165) is 18.8 Å². The van der Waals surface area contributed by atoms with Crippen molar-refractivity contribution in [1.29, 1.82) is 0 Å². The summed E-state index contributed by atoms with van der Waals surface area (Å²) >= 11 is 5.75. The minimum atomic E-state index is 0. The second-order valence-corrected chi connectivity index (χ2v) is 4.18. The first kappa shape index (κ1) is 15.5. The number of hydrogen-bond acceptors (Lipinski definition) is 3. The van der Waals surface area contributed by atoms with Gasteiger partial charge in [-0.25, -0.2) is 4.99 Å². The molecule has 0 radical (unpaired) electrons. The summed E-state index contributed by atoms with van der Waals surface area (Å²) in [4.78, 5) is 10.5. The van der Waals surface area contributed by atoms with Crippen LogP contribution >= 0.6 is 35.6 Å². The van der Waals surface area contributed by atoms with Crippen molar-refractivity contribution in [3.05, 3.63) is 29.0 Å². The van der Waals surface area contributed by atoms with E-state index in [-0.39, 0.29) is 24.0 Å². The number of nitrogens with zero attached hydrogens (tertiary/aromatic N) is 3. The molecular weight excluding hydrogens is 367 g/mol. The van der Waals surface area contributed by atoms with E-state index in [0.29, 0.717) is 30.7 Å². The maximum atomic E-state index is 5.89. The molecule has 2 N–H and O–H groups in total. The summed E-state index contributed by atoms with van der Waals surface area (Å²) in [5.74, 6) is 0.546. The summed E-state index contributed by atoms with van der Waals surface area (Å²) in [6.45, 7) is 3.47. The van der Waals surface area contributed by atoms with E-state index in [1.54, 1.807) is 12.3 Å². The van der Waals surface area contributed by atoms with Crippen LogP contribution in [0.15, 0.2) is 23.3 Å². The molecule has 100 valence electrons. The van der Waals surface area contributed by atoms with Crippen molar-refractivity contribution in [2.75, 3.05) is 26.3 Å². The van der Waals surface area contributed by atoms with Crippen molar-refractivity contribution < 1.29 is 4.74 Å². The topological polar surface area (TPSA) is 63.7 Å². The van der Waals surface area contributed by atoms with E-state index in [9.17, 15) is 0 Å². The van der Waals surface area contributed by atoms with Gasteiger partial charge in [-0.2, -0.15) is 0 Å². The summed E-state index contributed by atoms with van der Waals surface area (Å²) in [5.41, 5.74) is 6.75. The summed E-state index contributed by atoms with van der Waals surface area (Å²) in [7, 11) is 0. The summed E-state index contributed by atoms with van der Waals surface area (Å²) in [6, 6.07) is 3.64. The normalized spacial score (nSPS) is 16.3. The first-order chi connectivity index (χ1) is 8.25. The first-order valence-corrected chi connectivity index (χ1v) is 5.86. The third kappa shape index (κ3) is 4.58. The largest absolute Gasteiger partial charge is 0.378 e. The molecule has 1 aromatic rings. The van der Waals surface area contributed by atoms with Crippen LogP contribution in [-0.4, -0.2) is 42.1 Å². The van der Waals surface area contributed by atoms with E-state index in [1.807, 2.05) is 11.0 Å². The minimum absolute atomic E-state index is 0. The van der Waals surface area contributed by atoms with Gasteiger partial charge in [0.15, 0.2) is 5.96 Å². The lowest BCUT2D eigenvalue weighted by atomic mass is 10.3. The molecule has 1 aliphatic rings. The molecule has 0 unspecified atom stereocenters. The lowest BCUT2D eigenvalue weighted by Gasteiger charge is -2.27. The Morgan fingerprint density at radius 3 is 2.78 bits per heavy atom. The molecule has 18 heavy (non-hydrogen) atoms. The van der Waals surface area contributed by atoms with Crippen molar-refractivity contribution >= 4 is 41.5 Å². The molecule has 1 aliphatic heterocycles. The smallest absolute Gasteiger partial charge is 0.191 e. The number of aromatic nitrogens is 1. The van der Waals surface area contributed by atoms with Crippen molar-refractivity contribution in [1.82, 2.24) is 9.88 Å². The molecule has 2 rings (SSSR count). The molecule has 7 heteroatoms. The molecule has 0 bridgehead atoms. The lowest BCUT2D eigenvalue weighted by Crippen LogP contribution is -2.44. The van der Waals surface area contributed by atoms with Crippen molar-refractivity contribution in [2.24, 2.45) is 10.7 Å². The quantitative estimate of drug-likeness (QED) is 0.478. The summed E-state index contributed by atoms with van der Waals surface area (Å²) < 4.78 is 5.25. The average molecular weight is 383 g/mol. The Hall–Kier alpha value is -0.600. The van der Waals surface area contributed by atoms with Crippen LogP contribution in [0.2, 0.25) is 5.02 Å². The maximum Gasteiger partial charge on any atom is 0.191 e. The highest BCUT2D eigenvalue weighted by Gasteiger charge is 2.11. The number of hydrogen-bond donors (Lipinski definition) is 1. The van der Waals surface area contributed by atoms with Gasteiger partial charge in [-0.15, -0.1) is 24.0 Å². The van der Waals surface area contributed by atoms with Gasteiger partial charge in [0.05, 0.1) is 30.5 Å². The lowest BCUT2D eigenvalue weighted by molar-refractivity contribution is 0.0674. The van der Waals surface area contributed by atoms with Gasteiger partial charge in [0.1, 0.15) is 0 Å². The maximum absolute atomic E-state index is 5.89. The number of morpholine rings is 1. The zero-order valence-electron chi connectivity index (χ0n) is 9.88. The van der Waals surface area contributed by atoms with E-state index in [4.69, 9.17) is 22.1 Å². The number of aliphatic imine (C=N–C) groups is 1. The monoisotopic (exact) mass is 382 g/mol. The zero-order chi connectivity index (χ0) is 12.1. The van der Waals surface area contributed by atoms with Crippen LogP contribution in [-0.2, 0) is 11.3 Å². The van der Waals surface area contributed by atoms with Gasteiger partial charge in [-0.05, 0) is 12.1 Å². The molecule has 5 nitrogen and oxygen atoms in total. The number of guanidine groups is 1. The van der Waals surface area contributed by atoms with Gasteiger partial charge < -0.3 is 15.4 Å². The molecule has 0 saturated carbocycles. The van der Waals surface area contributed by atoms with Crippen LogP contribution in [0.5, 0.6) is 0 Å². The third-order valence-electron chi connectivity index (χ3n) is 2.53. The fraction of sp³-hybridized carbons (Fsp3) is 0.455. The SMILES string of the molecule is I.NC(=NCc1ccc(Cl)cn1)N1CCOCC1. The van der Waals surface area contributed by atoms with Crippen LogP contribution in [0.1, 0.15) is 5.69 Å². The standard InChI is InChI=1S/C11H15ClN4O.HI/c12-9-1-2-10(14-7-9)8-15-11(13)16-3-5-17-6-4-16;/h1-2,7H,3-6,8H2,(H2,13,15);1H. The predicted octanol–water partition coefficient (Wildman–Crippen LogP) is 1.50. The van der Waals surface area contributed by atoms with Gasteiger partial charge in [-0.3, -0.25) is 4.98 Å². The van der Waals surface area contributed by atoms with Crippen molar-refractivity contribution in [2.45, 2.75) is 6.54 Å². The van der Waals surface area contributed by atoms with Crippen LogP contribution < -0.4 is 5.73 Å². The van der Waals surface area contributed by atoms with Crippen LogP contribution in [0.4, 0.5) is 0 Å². The molecule has 1 fully saturated rings. The van der Waals surface area contributed by atoms with Gasteiger partial charge in [-0.1, -0.05) is 11.6 Å². The molecule has 2 heterocycles. The molecule has 0 aromatic carbocycles. The highest BCUT2D eigenvalue weighted by Crippen LogP contribution is 2.07. The summed E-state index contributed by atoms with van der Waals surface area (Å²) in [5, 5.41) is 0.624. The summed E-state index contributed by atoms with van der Waals surface area (Å²) in [6.07, 6.45) is 1.61. The van der Waals surface area contributed by atoms with Crippen LogP contribution in [0.25, 0.3) is 0 Å². The Labute approximate surface area is 128 Å². The first-order valence-electron chi connectivity index (χ1n) is 5.49. The number of nitrogens with two attached hydrogens (primary N) is 1. The van der Waals surface area contributed by atoms with Gasteiger partial charge >= 0.3 is 0 Å². The predicted molar refractivity (Wildman–Crippen MR) is 82.4 cm³/mol. The Bertz CT molecular complexity index is 393. The highest BCUT2D eigenvalue weighted by molar-refractivity contribution is 14.0.